The molecule has 2 rings (SSSR count). The lowest BCUT2D eigenvalue weighted by Gasteiger charge is -2.13. The van der Waals surface area contributed by atoms with E-state index in [-0.39, 0.29) is 28.3 Å². The van der Waals surface area contributed by atoms with Crippen molar-refractivity contribution in [1.82, 2.24) is 0 Å². The smallest absolute Gasteiger partial charge is 0.273 e. The third-order valence-corrected chi connectivity index (χ3v) is 4.09. The number of methoxy groups -OCH3 is 1. The summed E-state index contributed by atoms with van der Waals surface area (Å²) in [5.41, 5.74) is 0.827. The van der Waals surface area contributed by atoms with Crippen molar-refractivity contribution in [1.29, 1.82) is 0 Å². The van der Waals surface area contributed by atoms with Crippen molar-refractivity contribution in [2.24, 2.45) is 0 Å². The van der Waals surface area contributed by atoms with Crippen LogP contribution in [0.15, 0.2) is 36.4 Å². The third kappa shape index (κ3) is 4.48. The number of benzene rings is 2. The second kappa shape index (κ2) is 7.40. The molecular weight excluding hydrogens is 362 g/mol. The normalized spacial score (nSPS) is 10.9. The average molecular weight is 379 g/mol. The number of carbonyl (C=O) groups excluding carboxylic acids is 1. The number of nitro groups is 1. The van der Waals surface area contributed by atoms with Crippen molar-refractivity contribution in [3.8, 4) is 5.75 Å². The summed E-state index contributed by atoms with van der Waals surface area (Å²) in [6, 6.07) is 8.60. The van der Waals surface area contributed by atoms with E-state index in [1.807, 2.05) is 0 Å². The number of rotatable bonds is 6. The highest BCUT2D eigenvalue weighted by molar-refractivity contribution is 7.92. The Bertz CT molecular complexity index is 972. The Balaban J connectivity index is 2.30. The van der Waals surface area contributed by atoms with Crippen LogP contribution >= 0.6 is 0 Å². The number of sulfonamides is 1. The molecule has 26 heavy (non-hydrogen) atoms. The topological polar surface area (TPSA) is 128 Å². The van der Waals surface area contributed by atoms with E-state index in [9.17, 15) is 23.3 Å². The number of amides is 1. The van der Waals surface area contributed by atoms with Gasteiger partial charge in [-0.2, -0.15) is 0 Å². The number of ether oxygens (including phenoxy) is 1. The first kappa shape index (κ1) is 19.2. The third-order valence-electron chi connectivity index (χ3n) is 3.50. The Kier molecular flexibility index (Phi) is 5.46. The molecule has 9 nitrogen and oxygen atoms in total. The van der Waals surface area contributed by atoms with E-state index in [1.54, 1.807) is 0 Å². The number of nitrogens with zero attached hydrogens (tertiary/aromatic N) is 1. The number of nitro benzene ring substituents is 1. The fourth-order valence-corrected chi connectivity index (χ4v) is 2.89. The van der Waals surface area contributed by atoms with Gasteiger partial charge in [0.15, 0.2) is 0 Å². The van der Waals surface area contributed by atoms with Gasteiger partial charge in [-0.05, 0) is 25.1 Å². The molecule has 0 aromatic heterocycles. The summed E-state index contributed by atoms with van der Waals surface area (Å²) < 4.78 is 30.1. The van der Waals surface area contributed by atoms with Crippen LogP contribution in [-0.2, 0) is 10.0 Å². The second-order valence-corrected chi connectivity index (χ2v) is 7.20. The molecule has 0 heterocycles. The van der Waals surface area contributed by atoms with Gasteiger partial charge in [-0.25, -0.2) is 8.42 Å². The largest absolute Gasteiger partial charge is 0.494 e. The zero-order chi connectivity index (χ0) is 19.5. The molecule has 2 aromatic rings. The summed E-state index contributed by atoms with van der Waals surface area (Å²) in [6.45, 7) is 1.49. The molecule has 2 N–H and O–H groups in total. The van der Waals surface area contributed by atoms with Crippen LogP contribution in [-0.4, -0.2) is 32.6 Å². The molecule has 0 unspecified atom stereocenters. The van der Waals surface area contributed by atoms with Gasteiger partial charge in [-0.1, -0.05) is 6.07 Å². The minimum absolute atomic E-state index is 0.150. The van der Waals surface area contributed by atoms with Crippen molar-refractivity contribution < 1.29 is 22.9 Å². The van der Waals surface area contributed by atoms with Crippen LogP contribution in [0.25, 0.3) is 0 Å². The van der Waals surface area contributed by atoms with Gasteiger partial charge >= 0.3 is 0 Å². The lowest BCUT2D eigenvalue weighted by Crippen LogP contribution is -2.15. The van der Waals surface area contributed by atoms with Crippen molar-refractivity contribution >= 4 is 33.0 Å². The van der Waals surface area contributed by atoms with Crippen LogP contribution in [0.1, 0.15) is 15.9 Å². The van der Waals surface area contributed by atoms with E-state index >= 15 is 0 Å². The van der Waals surface area contributed by atoms with Gasteiger partial charge < -0.3 is 10.1 Å². The predicted octanol–water partition coefficient (Wildman–Crippen LogP) is 2.54. The van der Waals surface area contributed by atoms with Gasteiger partial charge in [-0.15, -0.1) is 0 Å². The van der Waals surface area contributed by atoms with Crippen molar-refractivity contribution in [3.63, 3.8) is 0 Å². The van der Waals surface area contributed by atoms with E-state index in [0.717, 1.165) is 6.26 Å². The fraction of sp³-hybridized carbons (Fsp3) is 0.188. The molecule has 2 aromatic carbocycles. The van der Waals surface area contributed by atoms with Crippen LogP contribution in [0, 0.1) is 17.0 Å². The van der Waals surface area contributed by atoms with Crippen molar-refractivity contribution in [2.45, 2.75) is 6.92 Å². The minimum Gasteiger partial charge on any atom is -0.494 e. The Hall–Kier alpha value is -3.14. The Morgan fingerprint density at radius 3 is 2.50 bits per heavy atom. The van der Waals surface area contributed by atoms with Gasteiger partial charge in [0.2, 0.25) is 10.0 Å². The van der Waals surface area contributed by atoms with Crippen LogP contribution in [0.5, 0.6) is 5.75 Å². The average Bonchev–Trinajstić information content (AvgIpc) is 2.54. The molecular formula is C16H17N3O6S. The fourth-order valence-electron chi connectivity index (χ4n) is 2.32. The highest BCUT2D eigenvalue weighted by Gasteiger charge is 2.18. The highest BCUT2D eigenvalue weighted by atomic mass is 32.2. The summed E-state index contributed by atoms with van der Waals surface area (Å²) in [7, 11) is -2.13. The molecule has 0 spiro atoms. The molecule has 0 aliphatic carbocycles. The number of hydrogen-bond donors (Lipinski definition) is 2. The molecule has 0 fully saturated rings. The quantitative estimate of drug-likeness (QED) is 0.586. The maximum atomic E-state index is 12.4. The zero-order valence-electron chi connectivity index (χ0n) is 14.3. The van der Waals surface area contributed by atoms with Gasteiger partial charge in [0, 0.05) is 28.9 Å². The van der Waals surface area contributed by atoms with Crippen molar-refractivity contribution in [2.75, 3.05) is 23.4 Å². The minimum atomic E-state index is -3.49. The van der Waals surface area contributed by atoms with Gasteiger partial charge in [0.25, 0.3) is 11.6 Å². The van der Waals surface area contributed by atoms with Gasteiger partial charge in [0.1, 0.15) is 5.75 Å². The summed E-state index contributed by atoms with van der Waals surface area (Å²) in [5.74, 6) is -0.318. The lowest BCUT2D eigenvalue weighted by atomic mass is 10.1. The highest BCUT2D eigenvalue weighted by Crippen LogP contribution is 2.29. The lowest BCUT2D eigenvalue weighted by molar-refractivity contribution is -0.385. The van der Waals surface area contributed by atoms with Crippen LogP contribution in [0.3, 0.4) is 0 Å². The first-order valence-electron chi connectivity index (χ1n) is 7.33. The maximum absolute atomic E-state index is 12.4. The summed E-state index contributed by atoms with van der Waals surface area (Å²) in [5, 5.41) is 13.6. The van der Waals surface area contributed by atoms with E-state index < -0.39 is 20.9 Å². The molecule has 0 aliphatic rings. The number of anilines is 2. The van der Waals surface area contributed by atoms with Crippen LogP contribution in [0.4, 0.5) is 17.1 Å². The number of hydrogen-bond acceptors (Lipinski definition) is 6. The molecule has 1 amide bonds. The summed E-state index contributed by atoms with van der Waals surface area (Å²) in [4.78, 5) is 22.9. The van der Waals surface area contributed by atoms with Crippen molar-refractivity contribution in [3.05, 3.63) is 57.6 Å². The van der Waals surface area contributed by atoms with E-state index in [2.05, 4.69) is 10.0 Å². The zero-order valence-corrected chi connectivity index (χ0v) is 15.1. The SMILES string of the molecule is COc1cc(NC(=O)c2cccc([N+](=O)[O-])c2C)ccc1NS(C)(=O)=O. The Morgan fingerprint density at radius 2 is 1.92 bits per heavy atom. The number of carbonyl (C=O) groups is 1. The molecule has 0 bridgehead atoms. The molecule has 0 aliphatic heterocycles. The maximum Gasteiger partial charge on any atom is 0.273 e. The summed E-state index contributed by atoms with van der Waals surface area (Å²) in [6.07, 6.45) is 1.01. The van der Waals surface area contributed by atoms with E-state index in [0.29, 0.717) is 5.69 Å². The predicted molar refractivity (Wildman–Crippen MR) is 97.2 cm³/mol. The summed E-state index contributed by atoms with van der Waals surface area (Å²) >= 11 is 0. The molecule has 138 valence electrons. The standard InChI is InChI=1S/C16H17N3O6S/c1-10-12(5-4-6-14(10)19(21)22)16(20)17-11-7-8-13(15(9-11)25-2)18-26(3,23)24/h4-9,18H,1-3H3,(H,17,20). The second-order valence-electron chi connectivity index (χ2n) is 5.45. The first-order chi connectivity index (χ1) is 12.1. The Labute approximate surface area is 150 Å². The molecule has 0 saturated carbocycles. The molecule has 0 radical (unpaired) electrons. The van der Waals surface area contributed by atoms with E-state index in [4.69, 9.17) is 4.74 Å². The van der Waals surface area contributed by atoms with Crippen LogP contribution in [0.2, 0.25) is 0 Å². The molecule has 10 heteroatoms. The first-order valence-corrected chi connectivity index (χ1v) is 9.22. The number of nitrogens with one attached hydrogen (secondary N) is 2. The Morgan fingerprint density at radius 1 is 1.23 bits per heavy atom. The molecule has 0 atom stereocenters. The van der Waals surface area contributed by atoms with Gasteiger partial charge in [-0.3, -0.25) is 19.6 Å². The van der Waals surface area contributed by atoms with E-state index in [1.165, 1.54) is 50.4 Å². The van der Waals surface area contributed by atoms with Gasteiger partial charge in [0.05, 0.1) is 24.0 Å². The van der Waals surface area contributed by atoms with Crippen LogP contribution < -0.4 is 14.8 Å². The monoisotopic (exact) mass is 379 g/mol. The molecule has 0 saturated heterocycles.